The molecule has 2 nitrogen and oxygen atoms in total. The minimum atomic E-state index is -2.23. The summed E-state index contributed by atoms with van der Waals surface area (Å²) in [5, 5.41) is 3.50. The number of hydrogen-bond acceptors (Lipinski definition) is 2. The van der Waals surface area contributed by atoms with Gasteiger partial charge in [-0.25, -0.2) is 8.78 Å². The summed E-state index contributed by atoms with van der Waals surface area (Å²) in [7, 11) is 1.83. The summed E-state index contributed by atoms with van der Waals surface area (Å²) >= 11 is 0. The maximum atomic E-state index is 12.5. The van der Waals surface area contributed by atoms with E-state index >= 15 is 0 Å². The fraction of sp³-hybridized carbons (Fsp3) is 1.00. The highest BCUT2D eigenvalue weighted by molar-refractivity contribution is 4.89. The van der Waals surface area contributed by atoms with Gasteiger partial charge in [0.25, 0.3) is 6.43 Å². The van der Waals surface area contributed by atoms with Gasteiger partial charge in [0.05, 0.1) is 6.54 Å². The van der Waals surface area contributed by atoms with Crippen LogP contribution in [0, 0.1) is 11.3 Å². The van der Waals surface area contributed by atoms with E-state index in [2.05, 4.69) is 19.2 Å². The molecule has 0 radical (unpaired) electrons. The summed E-state index contributed by atoms with van der Waals surface area (Å²) in [4.78, 5) is 1.81. The van der Waals surface area contributed by atoms with Crippen molar-refractivity contribution in [2.45, 2.75) is 52.4 Å². The van der Waals surface area contributed by atoms with Crippen LogP contribution in [-0.2, 0) is 0 Å². The molecular formula is C15H30F2N2. The zero-order chi connectivity index (χ0) is 14.3. The summed E-state index contributed by atoms with van der Waals surface area (Å²) in [6.07, 6.45) is 3.69. The van der Waals surface area contributed by atoms with Crippen molar-refractivity contribution in [1.82, 2.24) is 10.2 Å². The van der Waals surface area contributed by atoms with E-state index < -0.39 is 6.43 Å². The summed E-state index contributed by atoms with van der Waals surface area (Å²) < 4.78 is 25.0. The van der Waals surface area contributed by atoms with Crippen molar-refractivity contribution in [1.29, 1.82) is 0 Å². The topological polar surface area (TPSA) is 15.3 Å². The number of nitrogens with zero attached hydrogens (tertiary/aromatic N) is 1. The Morgan fingerprint density at radius 3 is 2.47 bits per heavy atom. The van der Waals surface area contributed by atoms with Gasteiger partial charge in [-0.05, 0) is 44.2 Å². The second kappa shape index (κ2) is 8.15. The van der Waals surface area contributed by atoms with Crippen molar-refractivity contribution in [3.63, 3.8) is 0 Å². The lowest BCUT2D eigenvalue weighted by molar-refractivity contribution is 0.0533. The van der Waals surface area contributed by atoms with Crippen LogP contribution in [-0.4, -0.2) is 44.6 Å². The molecule has 0 spiro atoms. The number of alkyl halides is 2. The minimum Gasteiger partial charge on any atom is -0.316 e. The van der Waals surface area contributed by atoms with Crippen molar-refractivity contribution >= 4 is 0 Å². The molecule has 0 aromatic rings. The molecule has 19 heavy (non-hydrogen) atoms. The van der Waals surface area contributed by atoms with Crippen LogP contribution in [0.3, 0.4) is 0 Å². The van der Waals surface area contributed by atoms with Crippen LogP contribution in [0.5, 0.6) is 0 Å². The van der Waals surface area contributed by atoms with Crippen molar-refractivity contribution < 1.29 is 8.78 Å². The van der Waals surface area contributed by atoms with E-state index in [1.807, 2.05) is 11.9 Å². The largest absolute Gasteiger partial charge is 0.316 e. The molecular weight excluding hydrogens is 246 g/mol. The van der Waals surface area contributed by atoms with Crippen LogP contribution in [0.4, 0.5) is 8.78 Å². The first kappa shape index (κ1) is 16.8. The highest BCUT2D eigenvalue weighted by Gasteiger charge is 2.35. The lowest BCUT2D eigenvalue weighted by Crippen LogP contribution is -2.46. The highest BCUT2D eigenvalue weighted by Crippen LogP contribution is 2.39. The molecule has 1 fully saturated rings. The first-order chi connectivity index (χ1) is 8.97. The molecule has 0 heterocycles. The number of nitrogens with one attached hydrogen (secondary N) is 1. The Kier molecular flexibility index (Phi) is 7.22. The first-order valence-electron chi connectivity index (χ1n) is 7.65. The molecule has 0 saturated heterocycles. The van der Waals surface area contributed by atoms with Crippen LogP contribution < -0.4 is 5.32 Å². The zero-order valence-corrected chi connectivity index (χ0v) is 12.7. The Labute approximate surface area is 116 Å². The molecule has 0 aromatic carbocycles. The molecule has 0 unspecified atom stereocenters. The lowest BCUT2D eigenvalue weighted by atomic mass is 9.70. The van der Waals surface area contributed by atoms with E-state index in [9.17, 15) is 8.78 Å². The van der Waals surface area contributed by atoms with Crippen molar-refractivity contribution in [3.05, 3.63) is 0 Å². The van der Waals surface area contributed by atoms with Gasteiger partial charge in [-0.2, -0.15) is 0 Å². The molecule has 1 rings (SSSR count). The summed E-state index contributed by atoms with van der Waals surface area (Å²) in [5.74, 6) is 0.791. The Bertz CT molecular complexity index is 238. The van der Waals surface area contributed by atoms with Gasteiger partial charge in [0.1, 0.15) is 0 Å². The Morgan fingerprint density at radius 1 is 1.32 bits per heavy atom. The van der Waals surface area contributed by atoms with Gasteiger partial charge in [-0.15, -0.1) is 0 Å². The predicted octanol–water partition coefficient (Wildman–Crippen LogP) is 3.38. The van der Waals surface area contributed by atoms with E-state index in [0.717, 1.165) is 32.0 Å². The van der Waals surface area contributed by atoms with Crippen molar-refractivity contribution in [2.75, 3.05) is 33.2 Å². The molecule has 0 amide bonds. The molecule has 0 aromatic heterocycles. The molecule has 1 aliphatic carbocycles. The lowest BCUT2D eigenvalue weighted by Gasteiger charge is -2.42. The molecule has 0 bridgehead atoms. The Morgan fingerprint density at radius 2 is 1.95 bits per heavy atom. The van der Waals surface area contributed by atoms with Crippen LogP contribution in [0.15, 0.2) is 0 Å². The standard InChI is InChI=1S/C15H30F2N2/c1-4-9-18-11-15(7-5-13(2)6-8-15)12-19(3)10-14(16)17/h13-14,18H,4-12H2,1-3H3. The second-order valence-electron chi connectivity index (χ2n) is 6.45. The highest BCUT2D eigenvalue weighted by atomic mass is 19.3. The fourth-order valence-electron chi connectivity index (χ4n) is 3.17. The average molecular weight is 276 g/mol. The molecule has 0 atom stereocenters. The Balaban J connectivity index is 2.53. The SMILES string of the molecule is CCCNCC1(CN(C)CC(F)F)CCC(C)CC1. The van der Waals surface area contributed by atoms with E-state index in [-0.39, 0.29) is 12.0 Å². The summed E-state index contributed by atoms with van der Waals surface area (Å²) in [6, 6.07) is 0. The number of hydrogen-bond donors (Lipinski definition) is 1. The first-order valence-corrected chi connectivity index (χ1v) is 7.65. The van der Waals surface area contributed by atoms with E-state index in [1.165, 1.54) is 25.7 Å². The molecule has 0 aliphatic heterocycles. The van der Waals surface area contributed by atoms with Gasteiger partial charge in [0.2, 0.25) is 0 Å². The number of rotatable bonds is 8. The zero-order valence-electron chi connectivity index (χ0n) is 12.7. The molecule has 4 heteroatoms. The fourth-order valence-corrected chi connectivity index (χ4v) is 3.17. The molecule has 1 saturated carbocycles. The van der Waals surface area contributed by atoms with Gasteiger partial charge < -0.3 is 10.2 Å². The third-order valence-corrected chi connectivity index (χ3v) is 4.32. The predicted molar refractivity (Wildman–Crippen MR) is 76.7 cm³/mol. The summed E-state index contributed by atoms with van der Waals surface area (Å²) in [5.41, 5.74) is 0.200. The van der Waals surface area contributed by atoms with Crippen LogP contribution in [0.1, 0.15) is 46.0 Å². The van der Waals surface area contributed by atoms with Crippen LogP contribution in [0.2, 0.25) is 0 Å². The van der Waals surface area contributed by atoms with Crippen molar-refractivity contribution in [3.8, 4) is 0 Å². The third kappa shape index (κ3) is 6.17. The van der Waals surface area contributed by atoms with Gasteiger partial charge in [-0.3, -0.25) is 0 Å². The Hall–Kier alpha value is -0.220. The quantitative estimate of drug-likeness (QED) is 0.684. The molecule has 1 aliphatic rings. The molecule has 1 N–H and O–H groups in total. The van der Waals surface area contributed by atoms with Gasteiger partial charge in [0, 0.05) is 13.1 Å². The average Bonchev–Trinajstić information content (AvgIpc) is 2.32. The van der Waals surface area contributed by atoms with Gasteiger partial charge >= 0.3 is 0 Å². The van der Waals surface area contributed by atoms with Gasteiger partial charge in [-0.1, -0.05) is 26.7 Å². The monoisotopic (exact) mass is 276 g/mol. The number of halogens is 2. The van der Waals surface area contributed by atoms with Gasteiger partial charge in [0.15, 0.2) is 0 Å². The molecule has 114 valence electrons. The minimum absolute atomic E-state index is 0.106. The van der Waals surface area contributed by atoms with Crippen molar-refractivity contribution in [2.24, 2.45) is 11.3 Å². The van der Waals surface area contributed by atoms with E-state index in [1.54, 1.807) is 0 Å². The smallest absolute Gasteiger partial charge is 0.251 e. The van der Waals surface area contributed by atoms with Crippen LogP contribution >= 0.6 is 0 Å². The van der Waals surface area contributed by atoms with E-state index in [4.69, 9.17) is 0 Å². The summed E-state index contributed by atoms with van der Waals surface area (Å²) in [6.45, 7) is 7.14. The maximum absolute atomic E-state index is 12.5. The maximum Gasteiger partial charge on any atom is 0.251 e. The van der Waals surface area contributed by atoms with Crippen LogP contribution in [0.25, 0.3) is 0 Å². The second-order valence-corrected chi connectivity index (χ2v) is 6.45. The van der Waals surface area contributed by atoms with E-state index in [0.29, 0.717) is 0 Å². The normalized spacial score (nSPS) is 28.3. The third-order valence-electron chi connectivity index (χ3n) is 4.32.